The van der Waals surface area contributed by atoms with Crippen LogP contribution in [-0.2, 0) is 11.2 Å². The number of aryl methyl sites for hydroxylation is 2. The molecule has 0 aliphatic heterocycles. The van der Waals surface area contributed by atoms with Gasteiger partial charge in [-0.1, -0.05) is 0 Å². The first-order valence-electron chi connectivity index (χ1n) is 4.38. The van der Waals surface area contributed by atoms with Crippen molar-refractivity contribution in [2.45, 2.75) is 26.2 Å². The molecule has 2 N–H and O–H groups in total. The molecule has 0 fully saturated rings. The van der Waals surface area contributed by atoms with Crippen molar-refractivity contribution in [3.05, 3.63) is 29.6 Å². The molecule has 0 saturated heterocycles. The van der Waals surface area contributed by atoms with Gasteiger partial charge in [-0.05, 0) is 37.0 Å². The highest BCUT2D eigenvalue weighted by Crippen LogP contribution is 2.08. The molecule has 0 atom stereocenters. The van der Waals surface area contributed by atoms with Crippen LogP contribution >= 0.6 is 0 Å². The van der Waals surface area contributed by atoms with E-state index in [1.807, 2.05) is 19.2 Å². The summed E-state index contributed by atoms with van der Waals surface area (Å²) in [4.78, 5) is 14.5. The number of nitrogens with two attached hydrogens (primary N) is 1. The molecule has 0 saturated carbocycles. The minimum Gasteiger partial charge on any atom is -0.370 e. The molecule has 13 heavy (non-hydrogen) atoms. The van der Waals surface area contributed by atoms with E-state index in [-0.39, 0.29) is 5.91 Å². The number of hydrogen-bond donors (Lipinski definition) is 1. The summed E-state index contributed by atoms with van der Waals surface area (Å²) in [6, 6.07) is 1.97. The molecule has 3 heteroatoms. The molecule has 70 valence electrons. The van der Waals surface area contributed by atoms with Crippen molar-refractivity contribution in [1.29, 1.82) is 0 Å². The van der Waals surface area contributed by atoms with Crippen molar-refractivity contribution >= 4 is 5.91 Å². The zero-order valence-electron chi connectivity index (χ0n) is 7.79. The van der Waals surface area contributed by atoms with Crippen LogP contribution in [0.2, 0.25) is 0 Å². The number of carbonyl (C=O) groups is 1. The second-order valence-electron chi connectivity index (χ2n) is 3.12. The molecule has 0 radical (unpaired) electrons. The number of nitrogens with zero attached hydrogens (tertiary/aromatic N) is 1. The van der Waals surface area contributed by atoms with E-state index in [1.54, 1.807) is 6.20 Å². The van der Waals surface area contributed by atoms with Crippen LogP contribution in [0, 0.1) is 6.92 Å². The van der Waals surface area contributed by atoms with E-state index < -0.39 is 0 Å². The predicted octanol–water partition coefficient (Wildman–Crippen LogP) is 1.20. The maximum absolute atomic E-state index is 10.5. The van der Waals surface area contributed by atoms with Gasteiger partial charge in [-0.15, -0.1) is 0 Å². The highest BCUT2D eigenvalue weighted by molar-refractivity contribution is 5.73. The van der Waals surface area contributed by atoms with Crippen molar-refractivity contribution < 1.29 is 4.79 Å². The van der Waals surface area contributed by atoms with E-state index >= 15 is 0 Å². The number of rotatable bonds is 4. The third-order valence-electron chi connectivity index (χ3n) is 2.02. The third-order valence-corrected chi connectivity index (χ3v) is 2.02. The molecule has 0 aliphatic rings. The first kappa shape index (κ1) is 9.71. The fraction of sp³-hybridized carbons (Fsp3) is 0.400. The van der Waals surface area contributed by atoms with E-state index in [2.05, 4.69) is 4.98 Å². The molecular weight excluding hydrogens is 164 g/mol. The second kappa shape index (κ2) is 4.60. The lowest BCUT2D eigenvalue weighted by molar-refractivity contribution is -0.118. The number of amides is 1. The molecule has 0 aliphatic carbocycles. The third kappa shape index (κ3) is 3.23. The van der Waals surface area contributed by atoms with Gasteiger partial charge in [0, 0.05) is 18.8 Å². The zero-order valence-corrected chi connectivity index (χ0v) is 7.79. The fourth-order valence-electron chi connectivity index (χ4n) is 1.21. The average Bonchev–Trinajstić information content (AvgIpc) is 2.08. The van der Waals surface area contributed by atoms with Gasteiger partial charge in [0.2, 0.25) is 5.91 Å². The molecule has 1 heterocycles. The Balaban J connectivity index is 2.45. The normalized spacial score (nSPS) is 9.92. The number of aromatic nitrogens is 1. The van der Waals surface area contributed by atoms with Crippen molar-refractivity contribution in [2.75, 3.05) is 0 Å². The lowest BCUT2D eigenvalue weighted by Gasteiger charge is -2.02. The average molecular weight is 178 g/mol. The summed E-state index contributed by atoms with van der Waals surface area (Å²) >= 11 is 0. The quantitative estimate of drug-likeness (QED) is 0.753. The van der Waals surface area contributed by atoms with Gasteiger partial charge in [-0.25, -0.2) is 0 Å². The Morgan fingerprint density at radius 1 is 1.62 bits per heavy atom. The van der Waals surface area contributed by atoms with Gasteiger partial charge in [-0.3, -0.25) is 9.78 Å². The molecule has 1 amide bonds. The van der Waals surface area contributed by atoms with Crippen LogP contribution in [0.3, 0.4) is 0 Å². The van der Waals surface area contributed by atoms with Crippen LogP contribution in [0.25, 0.3) is 0 Å². The Labute approximate surface area is 78.0 Å². The molecule has 3 nitrogen and oxygen atoms in total. The smallest absolute Gasteiger partial charge is 0.217 e. The molecule has 0 unspecified atom stereocenters. The standard InChI is InChI=1S/C10H14N2O/c1-8-5-6-12-7-9(8)3-2-4-10(11)13/h5-7H,2-4H2,1H3,(H2,11,13). The minimum absolute atomic E-state index is 0.235. The molecule has 1 aromatic rings. The van der Waals surface area contributed by atoms with E-state index in [9.17, 15) is 4.79 Å². The monoisotopic (exact) mass is 178 g/mol. The van der Waals surface area contributed by atoms with E-state index in [0.717, 1.165) is 12.8 Å². The summed E-state index contributed by atoms with van der Waals surface area (Å²) in [5.74, 6) is -0.235. The SMILES string of the molecule is Cc1ccncc1CCCC(N)=O. The number of pyridine rings is 1. The van der Waals surface area contributed by atoms with Gasteiger partial charge in [0.25, 0.3) is 0 Å². The summed E-state index contributed by atoms with van der Waals surface area (Å²) in [6.07, 6.45) is 5.75. The van der Waals surface area contributed by atoms with Gasteiger partial charge < -0.3 is 5.73 Å². The number of carbonyl (C=O) groups excluding carboxylic acids is 1. The zero-order chi connectivity index (χ0) is 9.68. The fourth-order valence-corrected chi connectivity index (χ4v) is 1.21. The van der Waals surface area contributed by atoms with Crippen molar-refractivity contribution in [3.63, 3.8) is 0 Å². The van der Waals surface area contributed by atoms with Crippen LogP contribution in [0.1, 0.15) is 24.0 Å². The van der Waals surface area contributed by atoms with Gasteiger partial charge in [0.05, 0.1) is 0 Å². The first-order chi connectivity index (χ1) is 6.20. The molecule has 0 spiro atoms. The Morgan fingerprint density at radius 2 is 2.38 bits per heavy atom. The largest absolute Gasteiger partial charge is 0.370 e. The summed E-state index contributed by atoms with van der Waals surface area (Å²) in [5, 5.41) is 0. The Kier molecular flexibility index (Phi) is 3.43. The summed E-state index contributed by atoms with van der Waals surface area (Å²) in [6.45, 7) is 2.04. The maximum atomic E-state index is 10.5. The maximum Gasteiger partial charge on any atom is 0.217 e. The highest BCUT2D eigenvalue weighted by Gasteiger charge is 1.99. The summed E-state index contributed by atoms with van der Waals surface area (Å²) in [7, 11) is 0. The first-order valence-corrected chi connectivity index (χ1v) is 4.38. The number of hydrogen-bond acceptors (Lipinski definition) is 2. The van der Waals surface area contributed by atoms with Gasteiger partial charge in [0.15, 0.2) is 0 Å². The summed E-state index contributed by atoms with van der Waals surface area (Å²) < 4.78 is 0. The predicted molar refractivity (Wildman–Crippen MR) is 51.1 cm³/mol. The lowest BCUT2D eigenvalue weighted by Crippen LogP contribution is -2.10. The van der Waals surface area contributed by atoms with Crippen LogP contribution < -0.4 is 5.73 Å². The molecule has 0 bridgehead atoms. The van der Waals surface area contributed by atoms with E-state index in [1.165, 1.54) is 11.1 Å². The van der Waals surface area contributed by atoms with Crippen LogP contribution in [0.5, 0.6) is 0 Å². The number of primary amides is 1. The lowest BCUT2D eigenvalue weighted by atomic mass is 10.1. The van der Waals surface area contributed by atoms with E-state index in [0.29, 0.717) is 6.42 Å². The van der Waals surface area contributed by atoms with Gasteiger partial charge >= 0.3 is 0 Å². The van der Waals surface area contributed by atoms with Crippen molar-refractivity contribution in [3.8, 4) is 0 Å². The van der Waals surface area contributed by atoms with Crippen molar-refractivity contribution in [1.82, 2.24) is 4.98 Å². The van der Waals surface area contributed by atoms with E-state index in [4.69, 9.17) is 5.73 Å². The summed E-state index contributed by atoms with van der Waals surface area (Å²) in [5.41, 5.74) is 7.46. The Morgan fingerprint density at radius 3 is 3.00 bits per heavy atom. The van der Waals surface area contributed by atoms with Crippen LogP contribution in [-0.4, -0.2) is 10.9 Å². The molecule has 1 aromatic heterocycles. The molecular formula is C10H14N2O. The molecule has 1 rings (SSSR count). The van der Waals surface area contributed by atoms with Crippen LogP contribution in [0.15, 0.2) is 18.5 Å². The molecule has 0 aromatic carbocycles. The Bertz CT molecular complexity index is 297. The highest BCUT2D eigenvalue weighted by atomic mass is 16.1. The minimum atomic E-state index is -0.235. The van der Waals surface area contributed by atoms with Crippen molar-refractivity contribution in [2.24, 2.45) is 5.73 Å². The topological polar surface area (TPSA) is 56.0 Å². The Hall–Kier alpha value is -1.38. The second-order valence-corrected chi connectivity index (χ2v) is 3.12. The van der Waals surface area contributed by atoms with Gasteiger partial charge in [0.1, 0.15) is 0 Å². The van der Waals surface area contributed by atoms with Gasteiger partial charge in [-0.2, -0.15) is 0 Å². The van der Waals surface area contributed by atoms with Crippen LogP contribution in [0.4, 0.5) is 0 Å².